The summed E-state index contributed by atoms with van der Waals surface area (Å²) >= 11 is 0. The molecule has 0 rings (SSSR count). The van der Waals surface area contributed by atoms with E-state index in [2.05, 4.69) is 4.74 Å². The lowest BCUT2D eigenvalue weighted by molar-refractivity contribution is -0.143. The molecule has 0 saturated carbocycles. The molecule has 53 valence electrons. The van der Waals surface area contributed by atoms with Gasteiger partial charge in [0.1, 0.15) is 0 Å². The van der Waals surface area contributed by atoms with Gasteiger partial charge in [-0.15, -0.1) is 0 Å². The topological polar surface area (TPSA) is 50.1 Å². The average molecular weight is 130 g/mol. The van der Waals surface area contributed by atoms with Crippen LogP contribution in [0.3, 0.4) is 0 Å². The lowest BCUT2D eigenvalue weighted by atomic mass is 10.3. The summed E-state index contributed by atoms with van der Waals surface area (Å²) in [7, 11) is 0. The van der Waals surface area contributed by atoms with Crippen molar-refractivity contribution in [1.82, 2.24) is 5.73 Å². The van der Waals surface area contributed by atoms with Crippen LogP contribution < -0.4 is 5.73 Å². The van der Waals surface area contributed by atoms with Crippen molar-refractivity contribution < 1.29 is 9.53 Å². The van der Waals surface area contributed by atoms with Crippen LogP contribution in [0.2, 0.25) is 0 Å². The molecule has 1 radical (unpaired) electrons. The maximum Gasteiger partial charge on any atom is 0.305 e. The van der Waals surface area contributed by atoms with Gasteiger partial charge in [-0.25, -0.2) is 0 Å². The highest BCUT2D eigenvalue weighted by atomic mass is 16.5. The highest BCUT2D eigenvalue weighted by Gasteiger charge is 1.97. The molecular weight excluding hydrogens is 118 g/mol. The van der Waals surface area contributed by atoms with Gasteiger partial charge in [-0.2, -0.15) is 0 Å². The van der Waals surface area contributed by atoms with Gasteiger partial charge in [0.2, 0.25) is 0 Å². The van der Waals surface area contributed by atoms with Gasteiger partial charge in [-0.3, -0.25) is 10.5 Å². The first kappa shape index (κ1) is 8.43. The number of ether oxygens (including phenoxy) is 1. The van der Waals surface area contributed by atoms with Gasteiger partial charge >= 0.3 is 5.97 Å². The monoisotopic (exact) mass is 130 g/mol. The SMILES string of the molecule is CCOC(=O)CCC[NH]. The Morgan fingerprint density at radius 1 is 1.67 bits per heavy atom. The van der Waals surface area contributed by atoms with Crippen LogP contribution in [0.4, 0.5) is 0 Å². The minimum Gasteiger partial charge on any atom is -0.466 e. The van der Waals surface area contributed by atoms with Gasteiger partial charge in [-0.1, -0.05) is 0 Å². The molecule has 9 heavy (non-hydrogen) atoms. The van der Waals surface area contributed by atoms with Crippen molar-refractivity contribution in [3.05, 3.63) is 0 Å². The molecule has 0 heterocycles. The number of hydrogen-bond acceptors (Lipinski definition) is 2. The zero-order valence-corrected chi connectivity index (χ0v) is 5.64. The third kappa shape index (κ3) is 5.30. The molecule has 0 aromatic rings. The van der Waals surface area contributed by atoms with Crippen molar-refractivity contribution in [2.75, 3.05) is 13.2 Å². The van der Waals surface area contributed by atoms with E-state index in [9.17, 15) is 4.79 Å². The summed E-state index contributed by atoms with van der Waals surface area (Å²) in [6.07, 6.45) is 0.996. The maximum absolute atomic E-state index is 10.5. The first-order valence-electron chi connectivity index (χ1n) is 3.11. The first-order valence-corrected chi connectivity index (χ1v) is 3.11. The molecule has 0 aliphatic heterocycles. The molecule has 0 aromatic carbocycles. The van der Waals surface area contributed by atoms with Crippen molar-refractivity contribution in [2.45, 2.75) is 19.8 Å². The Kier molecular flexibility index (Phi) is 5.21. The largest absolute Gasteiger partial charge is 0.466 e. The average Bonchev–Trinajstić information content (AvgIpc) is 1.85. The second kappa shape index (κ2) is 5.56. The molecule has 3 heteroatoms. The fourth-order valence-corrected chi connectivity index (χ4v) is 0.466. The Labute approximate surface area is 55.2 Å². The Morgan fingerprint density at radius 3 is 2.78 bits per heavy atom. The van der Waals surface area contributed by atoms with E-state index in [1.54, 1.807) is 6.92 Å². The van der Waals surface area contributed by atoms with Crippen molar-refractivity contribution in [3.63, 3.8) is 0 Å². The Hall–Kier alpha value is -0.570. The fourth-order valence-electron chi connectivity index (χ4n) is 0.466. The summed E-state index contributed by atoms with van der Waals surface area (Å²) in [6, 6.07) is 0. The van der Waals surface area contributed by atoms with Crippen LogP contribution in [0.1, 0.15) is 19.8 Å². The molecule has 0 bridgehead atoms. The molecule has 0 atom stereocenters. The standard InChI is InChI=1S/C6H12NO2/c1-2-9-6(8)4-3-5-7/h7H,2-5H2,1H3. The van der Waals surface area contributed by atoms with Gasteiger partial charge in [-0.05, 0) is 13.3 Å². The Balaban J connectivity index is 3.06. The van der Waals surface area contributed by atoms with Gasteiger partial charge in [0.05, 0.1) is 6.61 Å². The minimum absolute atomic E-state index is 0.190. The van der Waals surface area contributed by atoms with E-state index in [0.29, 0.717) is 26.0 Å². The number of carbonyl (C=O) groups is 1. The van der Waals surface area contributed by atoms with Gasteiger partial charge < -0.3 is 4.74 Å². The van der Waals surface area contributed by atoms with Crippen LogP contribution in [-0.4, -0.2) is 19.1 Å². The predicted molar refractivity (Wildman–Crippen MR) is 33.8 cm³/mol. The molecule has 0 fully saturated rings. The molecule has 0 aliphatic rings. The summed E-state index contributed by atoms with van der Waals surface area (Å²) in [5.41, 5.74) is 6.72. The van der Waals surface area contributed by atoms with E-state index in [-0.39, 0.29) is 5.97 Å². The number of carbonyl (C=O) groups excluding carboxylic acids is 1. The van der Waals surface area contributed by atoms with Crippen LogP contribution in [0.25, 0.3) is 0 Å². The molecule has 0 spiro atoms. The molecule has 0 unspecified atom stereocenters. The molecule has 0 aromatic heterocycles. The lowest BCUT2D eigenvalue weighted by Crippen LogP contribution is -2.04. The van der Waals surface area contributed by atoms with Gasteiger partial charge in [0.25, 0.3) is 0 Å². The normalized spacial score (nSPS) is 9.11. The van der Waals surface area contributed by atoms with Crippen molar-refractivity contribution in [2.24, 2.45) is 0 Å². The van der Waals surface area contributed by atoms with Gasteiger partial charge in [0, 0.05) is 13.0 Å². The molecule has 0 aliphatic carbocycles. The zero-order chi connectivity index (χ0) is 7.11. The summed E-state index contributed by atoms with van der Waals surface area (Å²) in [5.74, 6) is -0.190. The quantitative estimate of drug-likeness (QED) is 0.523. The maximum atomic E-state index is 10.5. The van der Waals surface area contributed by atoms with E-state index in [4.69, 9.17) is 5.73 Å². The van der Waals surface area contributed by atoms with Crippen LogP contribution in [-0.2, 0) is 9.53 Å². The number of nitrogens with one attached hydrogen (secondary N) is 1. The molecule has 1 N–H and O–H groups in total. The van der Waals surface area contributed by atoms with Crippen LogP contribution in [0.15, 0.2) is 0 Å². The smallest absolute Gasteiger partial charge is 0.305 e. The minimum atomic E-state index is -0.190. The number of hydrogen-bond donors (Lipinski definition) is 0. The Morgan fingerprint density at radius 2 is 2.33 bits per heavy atom. The van der Waals surface area contributed by atoms with Crippen LogP contribution in [0.5, 0.6) is 0 Å². The van der Waals surface area contributed by atoms with Crippen molar-refractivity contribution in [1.29, 1.82) is 0 Å². The third-order valence-corrected chi connectivity index (χ3v) is 0.863. The fraction of sp³-hybridized carbons (Fsp3) is 0.833. The van der Waals surface area contributed by atoms with Gasteiger partial charge in [0.15, 0.2) is 0 Å². The number of esters is 1. The highest BCUT2D eigenvalue weighted by molar-refractivity contribution is 5.69. The molecule has 0 saturated heterocycles. The summed E-state index contributed by atoms with van der Waals surface area (Å²) in [4.78, 5) is 10.5. The van der Waals surface area contributed by atoms with E-state index >= 15 is 0 Å². The Bertz CT molecular complexity index is 83.1. The molecular formula is C6H12NO2. The summed E-state index contributed by atoms with van der Waals surface area (Å²) < 4.78 is 4.62. The predicted octanol–water partition coefficient (Wildman–Crippen LogP) is 0.613. The number of rotatable bonds is 4. The second-order valence-electron chi connectivity index (χ2n) is 1.66. The highest BCUT2D eigenvalue weighted by Crippen LogP contribution is 1.89. The summed E-state index contributed by atoms with van der Waals surface area (Å²) in [6.45, 7) is 2.52. The van der Waals surface area contributed by atoms with Crippen LogP contribution >= 0.6 is 0 Å². The molecule has 0 amide bonds. The third-order valence-electron chi connectivity index (χ3n) is 0.863. The van der Waals surface area contributed by atoms with Crippen LogP contribution in [0, 0.1) is 0 Å². The van der Waals surface area contributed by atoms with E-state index < -0.39 is 0 Å². The molecule has 3 nitrogen and oxygen atoms in total. The van der Waals surface area contributed by atoms with E-state index in [1.807, 2.05) is 0 Å². The van der Waals surface area contributed by atoms with Crippen molar-refractivity contribution >= 4 is 5.97 Å². The zero-order valence-electron chi connectivity index (χ0n) is 5.64. The van der Waals surface area contributed by atoms with Crippen molar-refractivity contribution in [3.8, 4) is 0 Å². The second-order valence-corrected chi connectivity index (χ2v) is 1.66. The van der Waals surface area contributed by atoms with E-state index in [1.165, 1.54) is 0 Å². The summed E-state index contributed by atoms with van der Waals surface area (Å²) in [5, 5.41) is 0. The lowest BCUT2D eigenvalue weighted by Gasteiger charge is -1.97. The first-order chi connectivity index (χ1) is 4.31. The van der Waals surface area contributed by atoms with E-state index in [0.717, 1.165) is 0 Å².